The zero-order valence-electron chi connectivity index (χ0n) is 23.3. The summed E-state index contributed by atoms with van der Waals surface area (Å²) in [6.07, 6.45) is 3.66. The Balaban J connectivity index is 0.000000352. The summed E-state index contributed by atoms with van der Waals surface area (Å²) in [6, 6.07) is 15.5. The number of benzene rings is 2. The fourth-order valence-electron chi connectivity index (χ4n) is 3.88. The lowest BCUT2D eigenvalue weighted by molar-refractivity contribution is -0.114. The summed E-state index contributed by atoms with van der Waals surface area (Å²) >= 11 is 7.64. The van der Waals surface area contributed by atoms with Crippen LogP contribution in [0, 0.1) is 24.7 Å². The average molecular weight is 551 g/mol. The maximum absolute atomic E-state index is 10.7. The Morgan fingerprint density at radius 3 is 2.13 bits per heavy atom. The standard InChI is InChI=1S/C21H26ClN3S.C10H13NO/c1-6-7-8-19(24)25(16(5)23)21-20(13(2)15(4)26-21)14(3)17-9-11-18(22)12-10-17;1-3-9-4-6-10(7-5-9)11-8(2)12/h9-12,23-24H,3,6-8H2,1-2,4-5H3;4-7H,3H2,1-2H3,(H,11,12). The lowest BCUT2D eigenvalue weighted by Gasteiger charge is -2.25. The second kappa shape index (κ2) is 14.6. The van der Waals surface area contributed by atoms with E-state index in [4.69, 9.17) is 22.4 Å². The maximum Gasteiger partial charge on any atom is 0.221 e. The number of aryl methyl sites for hydroxylation is 2. The molecule has 5 nitrogen and oxygen atoms in total. The number of carbonyl (C=O) groups is 1. The van der Waals surface area contributed by atoms with E-state index in [2.05, 4.69) is 39.6 Å². The molecule has 0 radical (unpaired) electrons. The molecule has 3 rings (SSSR count). The van der Waals surface area contributed by atoms with E-state index in [9.17, 15) is 4.79 Å². The molecule has 202 valence electrons. The predicted octanol–water partition coefficient (Wildman–Crippen LogP) is 9.26. The van der Waals surface area contributed by atoms with Gasteiger partial charge in [-0.05, 0) is 80.1 Å². The molecule has 0 unspecified atom stereocenters. The average Bonchev–Trinajstić information content (AvgIpc) is 3.16. The number of nitrogens with one attached hydrogen (secondary N) is 3. The minimum absolute atomic E-state index is 0.0285. The Morgan fingerprint density at radius 2 is 1.63 bits per heavy atom. The molecule has 0 fully saturated rings. The first-order valence-electron chi connectivity index (χ1n) is 12.8. The Hall–Kier alpha value is -3.22. The largest absolute Gasteiger partial charge is 0.326 e. The summed E-state index contributed by atoms with van der Waals surface area (Å²) in [6.45, 7) is 15.9. The zero-order valence-corrected chi connectivity index (χ0v) is 24.9. The van der Waals surface area contributed by atoms with Crippen molar-refractivity contribution in [3.8, 4) is 0 Å². The molecule has 0 aliphatic rings. The van der Waals surface area contributed by atoms with Crippen LogP contribution in [0.4, 0.5) is 10.7 Å². The Morgan fingerprint density at radius 1 is 1.03 bits per heavy atom. The molecule has 3 aromatic rings. The van der Waals surface area contributed by atoms with Crippen LogP contribution < -0.4 is 10.2 Å². The van der Waals surface area contributed by atoms with Crippen molar-refractivity contribution < 1.29 is 4.79 Å². The summed E-state index contributed by atoms with van der Waals surface area (Å²) < 4.78 is 0. The van der Waals surface area contributed by atoms with Crippen LogP contribution in [-0.4, -0.2) is 17.6 Å². The van der Waals surface area contributed by atoms with Crippen molar-refractivity contribution in [2.45, 2.75) is 67.2 Å². The summed E-state index contributed by atoms with van der Waals surface area (Å²) in [4.78, 5) is 13.6. The number of halogens is 1. The summed E-state index contributed by atoms with van der Waals surface area (Å²) in [5.41, 5.74) is 6.21. The van der Waals surface area contributed by atoms with Gasteiger partial charge in [-0.2, -0.15) is 0 Å². The second-order valence-electron chi connectivity index (χ2n) is 9.15. The number of hydrogen-bond acceptors (Lipinski definition) is 4. The molecule has 0 aliphatic carbocycles. The normalized spacial score (nSPS) is 10.3. The molecule has 0 spiro atoms. The third kappa shape index (κ3) is 8.40. The van der Waals surface area contributed by atoms with Gasteiger partial charge in [-0.25, -0.2) is 0 Å². The van der Waals surface area contributed by atoms with Crippen molar-refractivity contribution >= 4 is 56.8 Å². The van der Waals surface area contributed by atoms with E-state index in [1.807, 2.05) is 48.5 Å². The van der Waals surface area contributed by atoms with Crippen LogP contribution in [0.1, 0.15) is 74.1 Å². The number of thiophene rings is 1. The highest BCUT2D eigenvalue weighted by atomic mass is 35.5. The SMILES string of the molecule is C=C(c1ccc(Cl)cc1)c1c(N(C(C)=N)C(=N)CCCC)sc(C)c1C.CCc1ccc(NC(C)=O)cc1. The number of anilines is 2. The molecule has 38 heavy (non-hydrogen) atoms. The van der Waals surface area contributed by atoms with Gasteiger partial charge in [-0.15, -0.1) is 11.3 Å². The maximum atomic E-state index is 10.7. The highest BCUT2D eigenvalue weighted by Crippen LogP contribution is 2.42. The van der Waals surface area contributed by atoms with Crippen LogP contribution in [0.25, 0.3) is 5.57 Å². The molecule has 0 saturated carbocycles. The highest BCUT2D eigenvalue weighted by molar-refractivity contribution is 7.17. The Bertz CT molecular complexity index is 1280. The molecule has 1 aromatic heterocycles. The molecule has 2 aromatic carbocycles. The van der Waals surface area contributed by atoms with E-state index in [1.54, 1.807) is 23.2 Å². The Kier molecular flexibility index (Phi) is 11.9. The number of nitrogens with zero attached hydrogens (tertiary/aromatic N) is 1. The van der Waals surface area contributed by atoms with Gasteiger partial charge in [0.15, 0.2) is 0 Å². The van der Waals surface area contributed by atoms with Gasteiger partial charge in [0.25, 0.3) is 0 Å². The summed E-state index contributed by atoms with van der Waals surface area (Å²) in [5, 5.41) is 21.1. The summed E-state index contributed by atoms with van der Waals surface area (Å²) in [7, 11) is 0. The van der Waals surface area contributed by atoms with E-state index in [1.165, 1.54) is 17.4 Å². The first kappa shape index (κ1) is 31.0. The van der Waals surface area contributed by atoms with Crippen molar-refractivity contribution in [3.05, 3.63) is 87.3 Å². The number of hydrogen-bond donors (Lipinski definition) is 3. The van der Waals surface area contributed by atoms with Crippen molar-refractivity contribution in [2.24, 2.45) is 0 Å². The molecular weight excluding hydrogens is 512 g/mol. The molecule has 1 heterocycles. The lowest BCUT2D eigenvalue weighted by Crippen LogP contribution is -2.34. The number of amidine groups is 2. The molecule has 0 bridgehead atoms. The van der Waals surface area contributed by atoms with Crippen LogP contribution in [0.15, 0.2) is 55.1 Å². The monoisotopic (exact) mass is 550 g/mol. The van der Waals surface area contributed by atoms with Gasteiger partial charge in [0.05, 0.1) is 0 Å². The van der Waals surface area contributed by atoms with Crippen LogP contribution in [0.2, 0.25) is 5.02 Å². The van der Waals surface area contributed by atoms with E-state index in [0.29, 0.717) is 23.1 Å². The van der Waals surface area contributed by atoms with Crippen LogP contribution in [0.3, 0.4) is 0 Å². The molecule has 1 amide bonds. The van der Waals surface area contributed by atoms with Crippen molar-refractivity contribution in [1.29, 1.82) is 10.8 Å². The van der Waals surface area contributed by atoms with E-state index >= 15 is 0 Å². The second-order valence-corrected chi connectivity index (χ2v) is 10.8. The number of carbonyl (C=O) groups excluding carboxylic acids is 1. The molecule has 3 N–H and O–H groups in total. The van der Waals surface area contributed by atoms with Gasteiger partial charge < -0.3 is 5.32 Å². The molecule has 0 saturated heterocycles. The minimum atomic E-state index is -0.0285. The van der Waals surface area contributed by atoms with Crippen LogP contribution >= 0.6 is 22.9 Å². The lowest BCUT2D eigenvalue weighted by atomic mass is 9.97. The van der Waals surface area contributed by atoms with Crippen molar-refractivity contribution in [1.82, 2.24) is 0 Å². The van der Waals surface area contributed by atoms with Crippen LogP contribution in [-0.2, 0) is 11.2 Å². The molecule has 0 aliphatic heterocycles. The van der Waals surface area contributed by atoms with Crippen molar-refractivity contribution in [3.63, 3.8) is 0 Å². The van der Waals surface area contributed by atoms with Gasteiger partial charge in [-0.3, -0.25) is 20.5 Å². The molecular formula is C31H39ClN4OS. The fraction of sp³-hybridized carbons (Fsp3) is 0.323. The van der Waals surface area contributed by atoms with Gasteiger partial charge >= 0.3 is 0 Å². The smallest absolute Gasteiger partial charge is 0.221 e. The van der Waals surface area contributed by atoms with Gasteiger partial charge in [0, 0.05) is 34.5 Å². The Labute approximate surface area is 236 Å². The van der Waals surface area contributed by atoms with E-state index in [0.717, 1.165) is 52.2 Å². The molecule has 0 atom stereocenters. The number of unbranched alkanes of at least 4 members (excludes halogenated alkanes) is 1. The molecule has 7 heteroatoms. The minimum Gasteiger partial charge on any atom is -0.326 e. The first-order valence-corrected chi connectivity index (χ1v) is 14.0. The topological polar surface area (TPSA) is 80.0 Å². The third-order valence-corrected chi connectivity index (χ3v) is 7.56. The quantitative estimate of drug-likeness (QED) is 0.193. The fourth-order valence-corrected chi connectivity index (χ4v) is 5.27. The highest BCUT2D eigenvalue weighted by Gasteiger charge is 2.24. The third-order valence-electron chi connectivity index (χ3n) is 6.12. The van der Waals surface area contributed by atoms with Gasteiger partial charge in [0.2, 0.25) is 5.91 Å². The predicted molar refractivity (Wildman–Crippen MR) is 167 cm³/mol. The summed E-state index contributed by atoms with van der Waals surface area (Å²) in [5.74, 6) is 0.794. The zero-order chi connectivity index (χ0) is 28.4. The van der Waals surface area contributed by atoms with Crippen LogP contribution in [0.5, 0.6) is 0 Å². The number of amides is 1. The first-order chi connectivity index (χ1) is 18.0. The van der Waals surface area contributed by atoms with Crippen molar-refractivity contribution in [2.75, 3.05) is 10.2 Å². The van der Waals surface area contributed by atoms with Gasteiger partial charge in [0.1, 0.15) is 16.7 Å². The van der Waals surface area contributed by atoms with E-state index in [-0.39, 0.29) is 5.91 Å². The van der Waals surface area contributed by atoms with Gasteiger partial charge in [-0.1, -0.05) is 62.7 Å². The number of rotatable bonds is 8. The van der Waals surface area contributed by atoms with E-state index < -0.39 is 0 Å².